The Hall–Kier alpha value is -3.80. The van der Waals surface area contributed by atoms with Crippen LogP contribution in [0.3, 0.4) is 0 Å². The third-order valence-corrected chi connectivity index (χ3v) is 3.97. The maximum Gasteiger partial charge on any atom is 0.341 e. The number of ether oxygens (including phenoxy) is 4. The predicted octanol–water partition coefficient (Wildman–Crippen LogP) is 4.61. The summed E-state index contributed by atoms with van der Waals surface area (Å²) < 4.78 is 21.6. The Morgan fingerprint density at radius 2 is 1.83 bits per heavy atom. The number of hydrogen-bond acceptors (Lipinski definition) is 6. The fourth-order valence-corrected chi connectivity index (χ4v) is 2.64. The van der Waals surface area contributed by atoms with Crippen molar-refractivity contribution >= 4 is 11.5 Å². The quantitative estimate of drug-likeness (QED) is 0.317. The average molecular weight is 391 g/mol. The van der Waals surface area contributed by atoms with Gasteiger partial charge in [-0.05, 0) is 29.8 Å². The van der Waals surface area contributed by atoms with Crippen LogP contribution in [0.15, 0.2) is 79.2 Å². The molecule has 0 radical (unpaired) electrons. The van der Waals surface area contributed by atoms with Crippen LogP contribution in [0, 0.1) is 0 Å². The summed E-state index contributed by atoms with van der Waals surface area (Å²) in [6, 6.07) is 20.2. The minimum absolute atomic E-state index is 0.264. The van der Waals surface area contributed by atoms with Crippen molar-refractivity contribution < 1.29 is 23.7 Å². The van der Waals surface area contributed by atoms with Crippen molar-refractivity contribution in [3.63, 3.8) is 0 Å². The number of hydrogen-bond donors (Lipinski definition) is 0. The number of methoxy groups -OCH3 is 2. The molecule has 0 saturated heterocycles. The van der Waals surface area contributed by atoms with Crippen LogP contribution in [0.25, 0.3) is 5.57 Å². The fraction of sp³-hybridized carbons (Fsp3) is 0.130. The second-order valence-electron chi connectivity index (χ2n) is 5.96. The Labute approximate surface area is 169 Å². The maximum absolute atomic E-state index is 12.1. The average Bonchev–Trinajstić information content (AvgIpc) is 2.77. The van der Waals surface area contributed by atoms with Crippen molar-refractivity contribution in [3.8, 4) is 17.4 Å². The molecular weight excluding hydrogens is 370 g/mol. The van der Waals surface area contributed by atoms with Crippen LogP contribution < -0.4 is 9.47 Å². The molecule has 6 heteroatoms. The van der Waals surface area contributed by atoms with E-state index in [-0.39, 0.29) is 5.57 Å². The van der Waals surface area contributed by atoms with Gasteiger partial charge in [-0.2, -0.15) is 0 Å². The minimum Gasteiger partial charge on any atom is -0.503 e. The van der Waals surface area contributed by atoms with E-state index >= 15 is 0 Å². The molecule has 0 spiro atoms. The molecule has 0 N–H and O–H groups in total. The van der Waals surface area contributed by atoms with Gasteiger partial charge in [-0.1, -0.05) is 36.4 Å². The number of benzene rings is 2. The lowest BCUT2D eigenvalue weighted by Crippen LogP contribution is -2.05. The number of rotatable bonds is 8. The van der Waals surface area contributed by atoms with Crippen LogP contribution in [-0.4, -0.2) is 25.2 Å². The fourth-order valence-electron chi connectivity index (χ4n) is 2.64. The van der Waals surface area contributed by atoms with E-state index in [2.05, 4.69) is 4.98 Å². The van der Waals surface area contributed by atoms with Crippen LogP contribution in [0.5, 0.6) is 17.4 Å². The molecule has 0 aliphatic carbocycles. The van der Waals surface area contributed by atoms with Gasteiger partial charge >= 0.3 is 5.97 Å². The number of carbonyl (C=O) groups is 1. The summed E-state index contributed by atoms with van der Waals surface area (Å²) in [5.41, 5.74) is 1.75. The molecule has 0 fully saturated rings. The number of pyridine rings is 1. The summed E-state index contributed by atoms with van der Waals surface area (Å²) >= 11 is 0. The van der Waals surface area contributed by atoms with Gasteiger partial charge in [0.15, 0.2) is 0 Å². The second-order valence-corrected chi connectivity index (χ2v) is 5.96. The number of para-hydroxylation sites is 1. The van der Waals surface area contributed by atoms with Gasteiger partial charge in [0.1, 0.15) is 23.7 Å². The van der Waals surface area contributed by atoms with Crippen LogP contribution >= 0.6 is 0 Å². The summed E-state index contributed by atoms with van der Waals surface area (Å²) in [5.74, 6) is 1.15. The van der Waals surface area contributed by atoms with Gasteiger partial charge in [0.05, 0.1) is 20.5 Å². The molecule has 1 heterocycles. The van der Waals surface area contributed by atoms with Gasteiger partial charge in [-0.3, -0.25) is 0 Å². The van der Waals surface area contributed by atoms with Crippen molar-refractivity contribution in [1.82, 2.24) is 4.98 Å². The van der Waals surface area contributed by atoms with Crippen LogP contribution in [0.4, 0.5) is 0 Å². The van der Waals surface area contributed by atoms with Gasteiger partial charge in [0, 0.05) is 17.8 Å². The van der Waals surface area contributed by atoms with E-state index in [0.717, 1.165) is 5.56 Å². The van der Waals surface area contributed by atoms with Gasteiger partial charge in [-0.15, -0.1) is 0 Å². The molecule has 29 heavy (non-hydrogen) atoms. The first-order chi connectivity index (χ1) is 14.2. The Bertz CT molecular complexity index is 985. The molecule has 0 atom stereocenters. The van der Waals surface area contributed by atoms with E-state index in [1.165, 1.54) is 20.5 Å². The minimum atomic E-state index is -0.514. The zero-order valence-electron chi connectivity index (χ0n) is 16.2. The molecule has 2 aromatic carbocycles. The smallest absolute Gasteiger partial charge is 0.341 e. The van der Waals surface area contributed by atoms with Gasteiger partial charge < -0.3 is 18.9 Å². The first kappa shape index (κ1) is 19.9. The molecule has 0 bridgehead atoms. The van der Waals surface area contributed by atoms with E-state index in [0.29, 0.717) is 29.5 Å². The highest BCUT2D eigenvalue weighted by Crippen LogP contribution is 2.31. The lowest BCUT2D eigenvalue weighted by molar-refractivity contribution is -0.133. The summed E-state index contributed by atoms with van der Waals surface area (Å²) in [6.45, 7) is 0.354. The van der Waals surface area contributed by atoms with Gasteiger partial charge in [-0.25, -0.2) is 9.78 Å². The van der Waals surface area contributed by atoms with Crippen molar-refractivity contribution in [1.29, 1.82) is 0 Å². The van der Waals surface area contributed by atoms with E-state index in [4.69, 9.17) is 18.9 Å². The molecule has 0 aliphatic heterocycles. The van der Waals surface area contributed by atoms with Crippen LogP contribution in [0.2, 0.25) is 0 Å². The standard InChI is InChI=1S/C23H21NO5/c1-26-16-20(23(25)27-2)19-10-3-4-11-21(19)29-18-9-7-8-17(14-18)15-28-22-12-5-6-13-24-22/h3-14,16H,15H2,1-2H3. The number of esters is 1. The topological polar surface area (TPSA) is 66.9 Å². The summed E-state index contributed by atoms with van der Waals surface area (Å²) in [6.07, 6.45) is 3.02. The SMILES string of the molecule is COC=C(C(=O)OC)c1ccccc1Oc1cccc(COc2ccccn2)c1. The molecule has 0 aliphatic rings. The van der Waals surface area contributed by atoms with Crippen LogP contribution in [-0.2, 0) is 20.9 Å². The monoisotopic (exact) mass is 391 g/mol. The molecule has 0 saturated carbocycles. The largest absolute Gasteiger partial charge is 0.503 e. The lowest BCUT2D eigenvalue weighted by Gasteiger charge is -2.13. The maximum atomic E-state index is 12.1. The summed E-state index contributed by atoms with van der Waals surface area (Å²) in [4.78, 5) is 16.3. The zero-order valence-corrected chi connectivity index (χ0v) is 16.2. The number of nitrogens with zero attached hydrogens (tertiary/aromatic N) is 1. The van der Waals surface area contributed by atoms with Crippen molar-refractivity contribution in [2.24, 2.45) is 0 Å². The first-order valence-electron chi connectivity index (χ1n) is 8.92. The molecule has 6 nitrogen and oxygen atoms in total. The highest BCUT2D eigenvalue weighted by atomic mass is 16.5. The Morgan fingerprint density at radius 3 is 2.59 bits per heavy atom. The van der Waals surface area contributed by atoms with Crippen LogP contribution in [0.1, 0.15) is 11.1 Å². The van der Waals surface area contributed by atoms with Crippen molar-refractivity contribution in [2.45, 2.75) is 6.61 Å². The van der Waals surface area contributed by atoms with E-state index in [1.807, 2.05) is 48.5 Å². The molecule has 3 rings (SSSR count). The second kappa shape index (κ2) is 9.94. The van der Waals surface area contributed by atoms with Crippen molar-refractivity contribution in [3.05, 3.63) is 90.3 Å². The van der Waals surface area contributed by atoms with Gasteiger partial charge in [0.25, 0.3) is 0 Å². The highest BCUT2D eigenvalue weighted by Gasteiger charge is 2.18. The van der Waals surface area contributed by atoms with Gasteiger partial charge in [0.2, 0.25) is 5.88 Å². The molecule has 1 aromatic heterocycles. The van der Waals surface area contributed by atoms with E-state index in [1.54, 1.807) is 24.4 Å². The summed E-state index contributed by atoms with van der Waals surface area (Å²) in [5, 5.41) is 0. The van der Waals surface area contributed by atoms with E-state index < -0.39 is 5.97 Å². The summed E-state index contributed by atoms with van der Waals surface area (Å²) in [7, 11) is 2.79. The number of carbonyl (C=O) groups excluding carboxylic acids is 1. The van der Waals surface area contributed by atoms with Crippen molar-refractivity contribution in [2.75, 3.05) is 14.2 Å². The predicted molar refractivity (Wildman–Crippen MR) is 109 cm³/mol. The molecule has 0 amide bonds. The Balaban J connectivity index is 1.80. The molecular formula is C23H21NO5. The normalized spacial score (nSPS) is 10.9. The third kappa shape index (κ3) is 5.35. The van der Waals surface area contributed by atoms with E-state index in [9.17, 15) is 4.79 Å². The molecule has 148 valence electrons. The third-order valence-electron chi connectivity index (χ3n) is 3.97. The molecule has 0 unspecified atom stereocenters. The Morgan fingerprint density at radius 1 is 1.00 bits per heavy atom. The number of aromatic nitrogens is 1. The molecule has 3 aromatic rings. The lowest BCUT2D eigenvalue weighted by atomic mass is 10.1. The highest BCUT2D eigenvalue weighted by molar-refractivity contribution is 6.17. The Kier molecular flexibility index (Phi) is 6.84. The zero-order chi connectivity index (χ0) is 20.5. The first-order valence-corrected chi connectivity index (χ1v) is 8.92.